The Morgan fingerprint density at radius 2 is 2.00 bits per heavy atom. The van der Waals surface area contributed by atoms with Gasteiger partial charge in [0.15, 0.2) is 0 Å². The predicted molar refractivity (Wildman–Crippen MR) is 77.4 cm³/mol. The van der Waals surface area contributed by atoms with Crippen LogP contribution < -0.4 is 10.5 Å². The molecule has 0 spiro atoms. The van der Waals surface area contributed by atoms with Crippen molar-refractivity contribution in [3.8, 4) is 5.75 Å². The second-order valence-corrected chi connectivity index (χ2v) is 4.96. The Labute approximate surface area is 118 Å². The minimum Gasteiger partial charge on any atom is -0.487 e. The Balaban J connectivity index is 2.14. The average molecular weight is 277 g/mol. The summed E-state index contributed by atoms with van der Waals surface area (Å²) in [5.41, 5.74) is 7.94. The van der Waals surface area contributed by atoms with Gasteiger partial charge in [-0.3, -0.25) is 4.98 Å². The monoisotopic (exact) mass is 276 g/mol. The zero-order valence-corrected chi connectivity index (χ0v) is 11.6. The van der Waals surface area contributed by atoms with Gasteiger partial charge in [-0.25, -0.2) is 0 Å². The lowest BCUT2D eigenvalue weighted by Crippen LogP contribution is -2.18. The molecule has 1 heterocycles. The van der Waals surface area contributed by atoms with Crippen LogP contribution in [0.15, 0.2) is 42.7 Å². The van der Waals surface area contributed by atoms with Crippen LogP contribution in [0.25, 0.3) is 0 Å². The Kier molecular flexibility index (Phi) is 4.77. The first kappa shape index (κ1) is 13.8. The average Bonchev–Trinajstić information content (AvgIpc) is 2.38. The summed E-state index contributed by atoms with van der Waals surface area (Å²) in [6.45, 7) is 2.44. The van der Waals surface area contributed by atoms with E-state index in [1.165, 1.54) is 0 Å². The number of benzene rings is 1. The SMILES string of the molecule is CC(N)Cc1cccc(Cl)c1OCc1ccncc1. The lowest BCUT2D eigenvalue weighted by molar-refractivity contribution is 0.302. The molecule has 0 bridgehead atoms. The molecule has 2 aromatic rings. The van der Waals surface area contributed by atoms with Crippen LogP contribution in [0.1, 0.15) is 18.1 Å². The fourth-order valence-electron chi connectivity index (χ4n) is 1.86. The molecule has 4 heteroatoms. The van der Waals surface area contributed by atoms with Crippen molar-refractivity contribution in [3.05, 3.63) is 58.9 Å². The number of para-hydroxylation sites is 1. The Morgan fingerprint density at radius 3 is 2.68 bits per heavy atom. The molecule has 0 radical (unpaired) electrons. The van der Waals surface area contributed by atoms with Crippen LogP contribution in [0.2, 0.25) is 5.02 Å². The van der Waals surface area contributed by atoms with Gasteiger partial charge in [-0.1, -0.05) is 23.7 Å². The van der Waals surface area contributed by atoms with Crippen LogP contribution in [0, 0.1) is 0 Å². The first-order chi connectivity index (χ1) is 9.16. The highest BCUT2D eigenvalue weighted by Gasteiger charge is 2.10. The quantitative estimate of drug-likeness (QED) is 0.912. The maximum Gasteiger partial charge on any atom is 0.141 e. The maximum atomic E-state index is 6.20. The molecule has 19 heavy (non-hydrogen) atoms. The van der Waals surface area contributed by atoms with Gasteiger partial charge in [-0.2, -0.15) is 0 Å². The summed E-state index contributed by atoms with van der Waals surface area (Å²) in [5, 5.41) is 0.618. The van der Waals surface area contributed by atoms with Crippen molar-refractivity contribution in [3.63, 3.8) is 0 Å². The van der Waals surface area contributed by atoms with E-state index in [4.69, 9.17) is 22.1 Å². The van der Waals surface area contributed by atoms with Gasteiger partial charge in [0.1, 0.15) is 12.4 Å². The molecule has 0 aliphatic carbocycles. The molecule has 0 aliphatic heterocycles. The summed E-state index contributed by atoms with van der Waals surface area (Å²) in [7, 11) is 0. The first-order valence-corrected chi connectivity index (χ1v) is 6.59. The van der Waals surface area contributed by atoms with Crippen LogP contribution >= 0.6 is 11.6 Å². The number of aromatic nitrogens is 1. The highest BCUT2D eigenvalue weighted by atomic mass is 35.5. The molecule has 0 saturated carbocycles. The van der Waals surface area contributed by atoms with Crippen molar-refractivity contribution in [2.75, 3.05) is 0 Å². The second-order valence-electron chi connectivity index (χ2n) is 4.55. The van der Waals surface area contributed by atoms with E-state index in [9.17, 15) is 0 Å². The summed E-state index contributed by atoms with van der Waals surface area (Å²) in [6, 6.07) is 9.65. The lowest BCUT2D eigenvalue weighted by atomic mass is 10.1. The molecular formula is C15H17ClN2O. The Bertz CT molecular complexity index is 529. The van der Waals surface area contributed by atoms with Gasteiger partial charge in [-0.05, 0) is 42.7 Å². The van der Waals surface area contributed by atoms with Crippen molar-refractivity contribution in [1.82, 2.24) is 4.98 Å². The van der Waals surface area contributed by atoms with Crippen LogP contribution in [0.3, 0.4) is 0 Å². The van der Waals surface area contributed by atoms with E-state index in [0.29, 0.717) is 11.6 Å². The predicted octanol–water partition coefficient (Wildman–Crippen LogP) is 3.20. The number of hydrogen-bond donors (Lipinski definition) is 1. The molecule has 1 aromatic carbocycles. The number of hydrogen-bond acceptors (Lipinski definition) is 3. The largest absolute Gasteiger partial charge is 0.487 e. The molecule has 0 amide bonds. The maximum absolute atomic E-state index is 6.20. The van der Waals surface area contributed by atoms with Gasteiger partial charge >= 0.3 is 0 Å². The molecule has 1 unspecified atom stereocenters. The van der Waals surface area contributed by atoms with E-state index in [2.05, 4.69) is 4.98 Å². The highest BCUT2D eigenvalue weighted by molar-refractivity contribution is 6.32. The topological polar surface area (TPSA) is 48.1 Å². The second kappa shape index (κ2) is 6.55. The van der Waals surface area contributed by atoms with Crippen LogP contribution in [-0.2, 0) is 13.0 Å². The number of ether oxygens (including phenoxy) is 1. The van der Waals surface area contributed by atoms with Crippen molar-refractivity contribution in [1.29, 1.82) is 0 Å². The van der Waals surface area contributed by atoms with Crippen LogP contribution in [-0.4, -0.2) is 11.0 Å². The number of pyridine rings is 1. The normalized spacial score (nSPS) is 12.2. The molecule has 100 valence electrons. The summed E-state index contributed by atoms with van der Waals surface area (Å²) < 4.78 is 5.84. The molecule has 1 atom stereocenters. The van der Waals surface area contributed by atoms with Gasteiger partial charge < -0.3 is 10.5 Å². The molecule has 2 N–H and O–H groups in total. The van der Waals surface area contributed by atoms with E-state index in [-0.39, 0.29) is 6.04 Å². The summed E-state index contributed by atoms with van der Waals surface area (Å²) in [5.74, 6) is 0.721. The summed E-state index contributed by atoms with van der Waals surface area (Å²) in [6.07, 6.45) is 4.23. The summed E-state index contributed by atoms with van der Waals surface area (Å²) >= 11 is 6.20. The smallest absolute Gasteiger partial charge is 0.141 e. The molecule has 3 nitrogen and oxygen atoms in total. The zero-order chi connectivity index (χ0) is 13.7. The number of nitrogens with zero attached hydrogens (tertiary/aromatic N) is 1. The molecule has 0 saturated heterocycles. The minimum absolute atomic E-state index is 0.0711. The van der Waals surface area contributed by atoms with E-state index < -0.39 is 0 Å². The van der Waals surface area contributed by atoms with E-state index in [0.717, 1.165) is 23.3 Å². The molecule has 1 aromatic heterocycles. The van der Waals surface area contributed by atoms with Crippen molar-refractivity contribution in [2.45, 2.75) is 26.0 Å². The fourth-order valence-corrected chi connectivity index (χ4v) is 2.11. The standard InChI is InChI=1S/C15H17ClN2O/c1-11(17)9-13-3-2-4-14(16)15(13)19-10-12-5-7-18-8-6-12/h2-8,11H,9-10,17H2,1H3. The summed E-state index contributed by atoms with van der Waals surface area (Å²) in [4.78, 5) is 3.98. The third kappa shape index (κ3) is 3.94. The van der Waals surface area contributed by atoms with Crippen molar-refractivity contribution >= 4 is 11.6 Å². The lowest BCUT2D eigenvalue weighted by Gasteiger charge is -2.14. The van der Waals surface area contributed by atoms with Gasteiger partial charge in [0.05, 0.1) is 5.02 Å². The molecule has 2 rings (SSSR count). The van der Waals surface area contributed by atoms with Gasteiger partial charge in [0.2, 0.25) is 0 Å². The molecule has 0 aliphatic rings. The molecule has 0 fully saturated rings. The minimum atomic E-state index is 0.0711. The van der Waals surface area contributed by atoms with Gasteiger partial charge in [-0.15, -0.1) is 0 Å². The van der Waals surface area contributed by atoms with E-state index in [1.807, 2.05) is 37.3 Å². The van der Waals surface area contributed by atoms with Gasteiger partial charge in [0, 0.05) is 18.4 Å². The zero-order valence-electron chi connectivity index (χ0n) is 10.8. The Morgan fingerprint density at radius 1 is 1.26 bits per heavy atom. The highest BCUT2D eigenvalue weighted by Crippen LogP contribution is 2.30. The van der Waals surface area contributed by atoms with E-state index in [1.54, 1.807) is 12.4 Å². The third-order valence-corrected chi connectivity index (χ3v) is 3.02. The van der Waals surface area contributed by atoms with Crippen molar-refractivity contribution < 1.29 is 4.74 Å². The van der Waals surface area contributed by atoms with Crippen LogP contribution in [0.4, 0.5) is 0 Å². The van der Waals surface area contributed by atoms with Crippen LogP contribution in [0.5, 0.6) is 5.75 Å². The van der Waals surface area contributed by atoms with Gasteiger partial charge in [0.25, 0.3) is 0 Å². The van der Waals surface area contributed by atoms with E-state index >= 15 is 0 Å². The van der Waals surface area contributed by atoms with Crippen molar-refractivity contribution in [2.24, 2.45) is 5.73 Å². The third-order valence-electron chi connectivity index (χ3n) is 2.72. The first-order valence-electron chi connectivity index (χ1n) is 6.21. The number of halogens is 1. The molecular weight excluding hydrogens is 260 g/mol. The number of rotatable bonds is 5. The Hall–Kier alpha value is -1.58. The number of nitrogens with two attached hydrogens (primary N) is 1. The fraction of sp³-hybridized carbons (Fsp3) is 0.267.